The second-order valence-electron chi connectivity index (χ2n) is 8.04. The van der Waals surface area contributed by atoms with Crippen molar-refractivity contribution in [1.29, 1.82) is 0 Å². The number of para-hydroxylation sites is 1. The van der Waals surface area contributed by atoms with Crippen molar-refractivity contribution in [3.05, 3.63) is 60.2 Å². The van der Waals surface area contributed by atoms with E-state index in [-0.39, 0.29) is 17.7 Å². The highest BCUT2D eigenvalue weighted by Crippen LogP contribution is 2.26. The summed E-state index contributed by atoms with van der Waals surface area (Å²) in [6.07, 6.45) is 1.25. The minimum absolute atomic E-state index is 0.0375. The molecule has 158 valence electrons. The van der Waals surface area contributed by atoms with Gasteiger partial charge in [0.15, 0.2) is 0 Å². The molecule has 0 radical (unpaired) electrons. The molecule has 0 N–H and O–H groups in total. The van der Waals surface area contributed by atoms with Crippen LogP contribution >= 0.6 is 0 Å². The third-order valence-electron chi connectivity index (χ3n) is 6.01. The molecule has 2 aliphatic heterocycles. The van der Waals surface area contributed by atoms with E-state index in [9.17, 15) is 9.59 Å². The van der Waals surface area contributed by atoms with Crippen LogP contribution in [0.15, 0.2) is 54.6 Å². The lowest BCUT2D eigenvalue weighted by Crippen LogP contribution is -2.39. The average molecular weight is 408 g/mol. The Morgan fingerprint density at radius 1 is 1.00 bits per heavy atom. The predicted molar refractivity (Wildman–Crippen MR) is 116 cm³/mol. The van der Waals surface area contributed by atoms with Crippen molar-refractivity contribution >= 4 is 17.5 Å². The summed E-state index contributed by atoms with van der Waals surface area (Å²) in [5.74, 6) is 0.775. The first-order chi connectivity index (χ1) is 14.6. The maximum Gasteiger partial charge on any atom is 0.228 e. The number of methoxy groups -OCH3 is 1. The van der Waals surface area contributed by atoms with Gasteiger partial charge in [-0.15, -0.1) is 0 Å². The van der Waals surface area contributed by atoms with E-state index in [2.05, 4.69) is 17.0 Å². The topological polar surface area (TPSA) is 53.1 Å². The third-order valence-corrected chi connectivity index (χ3v) is 6.01. The first kappa shape index (κ1) is 20.4. The number of anilines is 1. The first-order valence-electron chi connectivity index (χ1n) is 10.6. The quantitative estimate of drug-likeness (QED) is 0.765. The second-order valence-corrected chi connectivity index (χ2v) is 8.04. The zero-order chi connectivity index (χ0) is 20.9. The Hall–Kier alpha value is -2.86. The number of amides is 2. The minimum Gasteiger partial charge on any atom is -0.497 e. The van der Waals surface area contributed by atoms with Crippen LogP contribution in [0.3, 0.4) is 0 Å². The zero-order valence-electron chi connectivity index (χ0n) is 17.5. The van der Waals surface area contributed by atoms with Gasteiger partial charge in [-0.3, -0.25) is 14.5 Å². The van der Waals surface area contributed by atoms with Crippen molar-refractivity contribution in [3.8, 4) is 5.75 Å². The van der Waals surface area contributed by atoms with Crippen molar-refractivity contribution in [2.45, 2.75) is 19.4 Å². The van der Waals surface area contributed by atoms with Gasteiger partial charge in [0.25, 0.3) is 0 Å². The standard InChI is InChI=1S/C24H29N3O3/c1-30-22-10-8-19(9-11-22)17-25-12-5-13-26(15-14-25)24(29)20-16-23(28)27(18-20)21-6-3-2-4-7-21/h2-4,6-11,20H,5,12-18H2,1H3. The number of carbonyl (C=O) groups is 2. The molecular formula is C24H29N3O3. The van der Waals surface area contributed by atoms with Crippen LogP contribution in [0.1, 0.15) is 18.4 Å². The van der Waals surface area contributed by atoms with E-state index in [1.165, 1.54) is 5.56 Å². The highest BCUT2D eigenvalue weighted by Gasteiger charge is 2.37. The van der Waals surface area contributed by atoms with Crippen LogP contribution in [0.25, 0.3) is 0 Å². The maximum atomic E-state index is 13.1. The van der Waals surface area contributed by atoms with Gasteiger partial charge in [-0.05, 0) is 36.2 Å². The van der Waals surface area contributed by atoms with Gasteiger partial charge in [0, 0.05) is 51.4 Å². The predicted octanol–water partition coefficient (Wildman–Crippen LogP) is 2.78. The average Bonchev–Trinajstić information content (AvgIpc) is 3.02. The van der Waals surface area contributed by atoms with E-state index in [1.54, 1.807) is 12.0 Å². The molecule has 2 fully saturated rings. The van der Waals surface area contributed by atoms with Crippen LogP contribution in [0.4, 0.5) is 5.69 Å². The lowest BCUT2D eigenvalue weighted by Gasteiger charge is -2.24. The fourth-order valence-electron chi connectivity index (χ4n) is 4.33. The van der Waals surface area contributed by atoms with Gasteiger partial charge in [-0.25, -0.2) is 0 Å². The van der Waals surface area contributed by atoms with E-state index in [4.69, 9.17) is 4.74 Å². The summed E-state index contributed by atoms with van der Waals surface area (Å²) in [6, 6.07) is 17.8. The SMILES string of the molecule is COc1ccc(CN2CCCN(C(=O)C3CC(=O)N(c4ccccc4)C3)CC2)cc1. The summed E-state index contributed by atoms with van der Waals surface area (Å²) in [6.45, 7) is 4.64. The van der Waals surface area contributed by atoms with Gasteiger partial charge < -0.3 is 14.5 Å². The van der Waals surface area contributed by atoms with Gasteiger partial charge >= 0.3 is 0 Å². The molecule has 2 saturated heterocycles. The second kappa shape index (κ2) is 9.30. The lowest BCUT2D eigenvalue weighted by atomic mass is 10.1. The molecule has 4 rings (SSSR count). The molecule has 6 heteroatoms. The molecule has 0 aliphatic carbocycles. The van der Waals surface area contributed by atoms with Crippen molar-refractivity contribution in [2.24, 2.45) is 5.92 Å². The molecule has 6 nitrogen and oxygen atoms in total. The molecule has 2 aromatic carbocycles. The van der Waals surface area contributed by atoms with Crippen LogP contribution in [-0.2, 0) is 16.1 Å². The molecule has 0 spiro atoms. The molecule has 1 atom stereocenters. The van der Waals surface area contributed by atoms with Gasteiger partial charge in [-0.2, -0.15) is 0 Å². The maximum absolute atomic E-state index is 13.1. The highest BCUT2D eigenvalue weighted by molar-refractivity contribution is 6.00. The third kappa shape index (κ3) is 4.65. The van der Waals surface area contributed by atoms with Crippen molar-refractivity contribution in [1.82, 2.24) is 9.80 Å². The van der Waals surface area contributed by atoms with Gasteiger partial charge in [0.1, 0.15) is 5.75 Å². The number of ether oxygens (including phenoxy) is 1. The number of hydrogen-bond acceptors (Lipinski definition) is 4. The van der Waals surface area contributed by atoms with E-state index in [1.807, 2.05) is 47.4 Å². The monoisotopic (exact) mass is 407 g/mol. The lowest BCUT2D eigenvalue weighted by molar-refractivity contribution is -0.135. The Bertz CT molecular complexity index is 869. The Morgan fingerprint density at radius 3 is 2.50 bits per heavy atom. The van der Waals surface area contributed by atoms with Gasteiger partial charge in [0.05, 0.1) is 13.0 Å². The summed E-state index contributed by atoms with van der Waals surface area (Å²) in [7, 11) is 1.67. The number of rotatable bonds is 5. The van der Waals surface area contributed by atoms with Crippen LogP contribution in [0.5, 0.6) is 5.75 Å². The first-order valence-corrected chi connectivity index (χ1v) is 10.6. The van der Waals surface area contributed by atoms with Gasteiger partial charge in [0.2, 0.25) is 11.8 Å². The molecular weight excluding hydrogens is 378 g/mol. The Kier molecular flexibility index (Phi) is 6.33. The van der Waals surface area contributed by atoms with Crippen LogP contribution in [0.2, 0.25) is 0 Å². The Labute approximate surface area is 178 Å². The normalized spacial score (nSPS) is 20.3. The fourth-order valence-corrected chi connectivity index (χ4v) is 4.33. The highest BCUT2D eigenvalue weighted by atomic mass is 16.5. The summed E-state index contributed by atoms with van der Waals surface area (Å²) in [5.41, 5.74) is 2.12. The van der Waals surface area contributed by atoms with Crippen molar-refractivity contribution in [3.63, 3.8) is 0 Å². The molecule has 0 saturated carbocycles. The van der Waals surface area contributed by atoms with Crippen molar-refractivity contribution < 1.29 is 14.3 Å². The summed E-state index contributed by atoms with van der Waals surface area (Å²) >= 11 is 0. The molecule has 1 unspecified atom stereocenters. The Balaban J connectivity index is 1.32. The van der Waals surface area contributed by atoms with Crippen LogP contribution in [-0.4, -0.2) is 61.4 Å². The molecule has 2 aliphatic rings. The largest absolute Gasteiger partial charge is 0.497 e. The number of benzene rings is 2. The summed E-state index contributed by atoms with van der Waals surface area (Å²) in [4.78, 5) is 31.7. The van der Waals surface area contributed by atoms with Gasteiger partial charge in [-0.1, -0.05) is 30.3 Å². The van der Waals surface area contributed by atoms with E-state index in [0.29, 0.717) is 19.5 Å². The van der Waals surface area contributed by atoms with E-state index in [0.717, 1.165) is 44.0 Å². The number of hydrogen-bond donors (Lipinski definition) is 0. The molecule has 0 bridgehead atoms. The smallest absolute Gasteiger partial charge is 0.228 e. The molecule has 2 aromatic rings. The Morgan fingerprint density at radius 2 is 1.77 bits per heavy atom. The van der Waals surface area contributed by atoms with Crippen LogP contribution < -0.4 is 9.64 Å². The molecule has 2 heterocycles. The molecule has 0 aromatic heterocycles. The fraction of sp³-hybridized carbons (Fsp3) is 0.417. The number of nitrogens with zero attached hydrogens (tertiary/aromatic N) is 3. The van der Waals surface area contributed by atoms with E-state index < -0.39 is 0 Å². The minimum atomic E-state index is -0.245. The molecule has 2 amide bonds. The summed E-state index contributed by atoms with van der Waals surface area (Å²) in [5, 5.41) is 0. The number of carbonyl (C=O) groups excluding carboxylic acids is 2. The van der Waals surface area contributed by atoms with Crippen molar-refractivity contribution in [2.75, 3.05) is 44.7 Å². The molecule has 30 heavy (non-hydrogen) atoms. The zero-order valence-corrected chi connectivity index (χ0v) is 17.5. The van der Waals surface area contributed by atoms with E-state index >= 15 is 0 Å². The van der Waals surface area contributed by atoms with Crippen LogP contribution in [0, 0.1) is 5.92 Å². The summed E-state index contributed by atoms with van der Waals surface area (Å²) < 4.78 is 5.23.